The van der Waals surface area contributed by atoms with Gasteiger partial charge in [0, 0.05) is 5.69 Å². The topological polar surface area (TPSA) is 65.8 Å². The Balaban J connectivity index is 2.05. The molecule has 0 radical (unpaired) electrons. The fourth-order valence-electron chi connectivity index (χ4n) is 1.80. The maximum atomic E-state index is 12.4. The summed E-state index contributed by atoms with van der Waals surface area (Å²) in [7, 11) is 0. The summed E-state index contributed by atoms with van der Waals surface area (Å²) in [6.45, 7) is -1.21. The predicted molar refractivity (Wildman–Crippen MR) is 98.9 cm³/mol. The van der Waals surface area contributed by atoms with Gasteiger partial charge in [-0.3, -0.25) is 4.79 Å². The summed E-state index contributed by atoms with van der Waals surface area (Å²) < 4.78 is 10.5. The molecule has 0 unspecified atom stereocenters. The van der Waals surface area contributed by atoms with Gasteiger partial charge in [-0.2, -0.15) is 10.2 Å². The smallest absolute Gasteiger partial charge is 0.253 e. The van der Waals surface area contributed by atoms with E-state index in [4.69, 9.17) is 34.8 Å². The van der Waals surface area contributed by atoms with Crippen molar-refractivity contribution in [3.63, 3.8) is 0 Å². The second kappa shape index (κ2) is 8.99. The van der Waals surface area contributed by atoms with Crippen LogP contribution in [0.4, 0.5) is 21.5 Å². The lowest BCUT2D eigenvalue weighted by molar-refractivity contribution is -0.122. The Morgan fingerprint density at radius 1 is 1.00 bits per heavy atom. The number of halogens is 4. The normalized spacial score (nSPS) is 12.8. The molecule has 0 fully saturated rings. The van der Waals surface area contributed by atoms with Gasteiger partial charge in [-0.25, -0.2) is 4.39 Å². The molecule has 2 aromatic rings. The second-order valence-electron chi connectivity index (χ2n) is 4.90. The zero-order chi connectivity index (χ0) is 18.3. The SMILES string of the molecule is O=C(CF)N[C@H](Nc1ccc(N=Nc2ccccc2)cc1)C(Cl)(Cl)Cl. The van der Waals surface area contributed by atoms with E-state index in [2.05, 4.69) is 20.9 Å². The van der Waals surface area contributed by atoms with E-state index in [-0.39, 0.29) is 0 Å². The van der Waals surface area contributed by atoms with Crippen molar-refractivity contribution in [3.05, 3.63) is 54.6 Å². The maximum absolute atomic E-state index is 12.4. The number of alkyl halides is 4. The first-order valence-corrected chi connectivity index (χ1v) is 8.27. The molecule has 0 aliphatic heterocycles. The Morgan fingerprint density at radius 2 is 1.56 bits per heavy atom. The summed E-state index contributed by atoms with van der Waals surface area (Å²) in [5.41, 5.74) is 1.90. The summed E-state index contributed by atoms with van der Waals surface area (Å²) in [5, 5.41) is 13.3. The second-order valence-corrected chi connectivity index (χ2v) is 7.27. The first kappa shape index (κ1) is 19.4. The number of azo groups is 1. The van der Waals surface area contributed by atoms with Crippen molar-refractivity contribution in [3.8, 4) is 0 Å². The van der Waals surface area contributed by atoms with Crippen LogP contribution in [-0.2, 0) is 4.79 Å². The van der Waals surface area contributed by atoms with E-state index in [1.165, 1.54) is 0 Å². The van der Waals surface area contributed by atoms with E-state index in [1.807, 2.05) is 30.3 Å². The van der Waals surface area contributed by atoms with E-state index in [1.54, 1.807) is 24.3 Å². The summed E-state index contributed by atoms with van der Waals surface area (Å²) in [5.74, 6) is -0.892. The number of amides is 1. The minimum Gasteiger partial charge on any atom is -0.362 e. The van der Waals surface area contributed by atoms with Gasteiger partial charge in [-0.1, -0.05) is 53.0 Å². The number of nitrogens with zero attached hydrogens (tertiary/aromatic N) is 2. The zero-order valence-corrected chi connectivity index (χ0v) is 15.1. The molecule has 9 heteroatoms. The summed E-state index contributed by atoms with van der Waals surface area (Å²) >= 11 is 17.4. The van der Waals surface area contributed by atoms with Gasteiger partial charge in [-0.05, 0) is 36.4 Å². The monoisotopic (exact) mass is 402 g/mol. The number of rotatable bonds is 6. The van der Waals surface area contributed by atoms with Gasteiger partial charge in [0.1, 0.15) is 6.17 Å². The quantitative estimate of drug-likeness (QED) is 0.391. The fraction of sp³-hybridized carbons (Fsp3) is 0.188. The van der Waals surface area contributed by atoms with Crippen LogP contribution in [0.25, 0.3) is 0 Å². The van der Waals surface area contributed by atoms with E-state index < -0.39 is 22.5 Å². The van der Waals surface area contributed by atoms with E-state index in [0.29, 0.717) is 11.4 Å². The molecule has 0 aromatic heterocycles. The lowest BCUT2D eigenvalue weighted by Gasteiger charge is -2.27. The van der Waals surface area contributed by atoms with Crippen LogP contribution in [0.2, 0.25) is 0 Å². The molecule has 0 saturated carbocycles. The zero-order valence-electron chi connectivity index (χ0n) is 12.8. The van der Waals surface area contributed by atoms with Crippen LogP contribution >= 0.6 is 34.8 Å². The highest BCUT2D eigenvalue weighted by Crippen LogP contribution is 2.31. The van der Waals surface area contributed by atoms with Crippen molar-refractivity contribution in [2.45, 2.75) is 9.96 Å². The van der Waals surface area contributed by atoms with Gasteiger partial charge in [0.05, 0.1) is 11.4 Å². The highest BCUT2D eigenvalue weighted by molar-refractivity contribution is 6.68. The lowest BCUT2D eigenvalue weighted by Crippen LogP contribution is -2.49. The Bertz CT molecular complexity index is 720. The third kappa shape index (κ3) is 6.49. The molecular formula is C16H14Cl3FN4O. The molecule has 0 aliphatic carbocycles. The van der Waals surface area contributed by atoms with Gasteiger partial charge in [0.2, 0.25) is 3.79 Å². The molecule has 132 valence electrons. The first-order valence-electron chi connectivity index (χ1n) is 7.14. The molecule has 25 heavy (non-hydrogen) atoms. The minimum atomic E-state index is -1.86. The number of carbonyl (C=O) groups is 1. The number of hydrogen-bond donors (Lipinski definition) is 2. The average molecular weight is 404 g/mol. The van der Waals surface area contributed by atoms with Crippen molar-refractivity contribution in [1.29, 1.82) is 0 Å². The predicted octanol–water partition coefficient (Wildman–Crippen LogP) is 5.30. The Hall–Kier alpha value is -1.89. The molecule has 1 atom stereocenters. The molecule has 0 aliphatic rings. The molecule has 2 rings (SSSR count). The number of hydrogen-bond acceptors (Lipinski definition) is 4. The van der Waals surface area contributed by atoms with Gasteiger partial charge in [0.25, 0.3) is 5.91 Å². The largest absolute Gasteiger partial charge is 0.362 e. The lowest BCUT2D eigenvalue weighted by atomic mass is 10.3. The number of benzene rings is 2. The van der Waals surface area contributed by atoms with Crippen LogP contribution in [0.5, 0.6) is 0 Å². The third-order valence-corrected chi connectivity index (χ3v) is 3.62. The van der Waals surface area contributed by atoms with Crippen LogP contribution in [0.3, 0.4) is 0 Å². The van der Waals surface area contributed by atoms with Crippen LogP contribution in [0.15, 0.2) is 64.8 Å². The molecule has 5 nitrogen and oxygen atoms in total. The van der Waals surface area contributed by atoms with Gasteiger partial charge < -0.3 is 10.6 Å². The van der Waals surface area contributed by atoms with Crippen LogP contribution in [0, 0.1) is 0 Å². The van der Waals surface area contributed by atoms with Crippen molar-refractivity contribution < 1.29 is 9.18 Å². The van der Waals surface area contributed by atoms with E-state index >= 15 is 0 Å². The summed E-state index contributed by atoms with van der Waals surface area (Å²) in [4.78, 5) is 11.2. The maximum Gasteiger partial charge on any atom is 0.253 e. The Morgan fingerprint density at radius 3 is 2.08 bits per heavy atom. The number of carbonyl (C=O) groups excluding carboxylic acids is 1. The van der Waals surface area contributed by atoms with Crippen LogP contribution < -0.4 is 10.6 Å². The highest BCUT2D eigenvalue weighted by Gasteiger charge is 2.33. The van der Waals surface area contributed by atoms with Crippen molar-refractivity contribution in [2.24, 2.45) is 10.2 Å². The van der Waals surface area contributed by atoms with Crippen LogP contribution in [-0.4, -0.2) is 22.5 Å². The Kier molecular flexibility index (Phi) is 6.99. The minimum absolute atomic E-state index is 0.550. The third-order valence-electron chi connectivity index (χ3n) is 2.97. The van der Waals surface area contributed by atoms with E-state index in [0.717, 1.165) is 5.69 Å². The van der Waals surface area contributed by atoms with E-state index in [9.17, 15) is 9.18 Å². The Labute approximate surface area is 159 Å². The number of anilines is 1. The van der Waals surface area contributed by atoms with Gasteiger partial charge in [-0.15, -0.1) is 0 Å². The van der Waals surface area contributed by atoms with Gasteiger partial charge >= 0.3 is 0 Å². The molecule has 0 spiro atoms. The molecule has 2 aromatic carbocycles. The highest BCUT2D eigenvalue weighted by atomic mass is 35.6. The summed E-state index contributed by atoms with van der Waals surface area (Å²) in [6, 6.07) is 16.0. The first-order chi connectivity index (χ1) is 11.9. The molecule has 0 saturated heterocycles. The van der Waals surface area contributed by atoms with Gasteiger partial charge in [0.15, 0.2) is 6.67 Å². The van der Waals surface area contributed by atoms with Crippen LogP contribution in [0.1, 0.15) is 0 Å². The number of nitrogens with one attached hydrogen (secondary N) is 2. The summed E-state index contributed by atoms with van der Waals surface area (Å²) in [6.07, 6.45) is -1.10. The van der Waals surface area contributed by atoms with Crippen molar-refractivity contribution in [2.75, 3.05) is 12.0 Å². The molecular weight excluding hydrogens is 390 g/mol. The standard InChI is InChI=1S/C16H14Cl3FN4O/c17-16(18,19)15(22-14(25)10-20)21-11-6-8-13(9-7-11)24-23-12-4-2-1-3-5-12/h1-9,15,21H,10H2,(H,22,25)/t15-/m0/s1. The molecule has 0 bridgehead atoms. The van der Waals surface area contributed by atoms with Crippen molar-refractivity contribution in [1.82, 2.24) is 5.32 Å². The molecule has 1 amide bonds. The fourth-order valence-corrected chi connectivity index (χ4v) is 2.13. The van der Waals surface area contributed by atoms with Crippen molar-refractivity contribution >= 4 is 57.8 Å². The average Bonchev–Trinajstić information content (AvgIpc) is 2.60. The molecule has 2 N–H and O–H groups in total. The molecule has 0 heterocycles.